The van der Waals surface area contributed by atoms with Crippen molar-refractivity contribution in [3.8, 4) is 0 Å². The van der Waals surface area contributed by atoms with Gasteiger partial charge in [-0.1, -0.05) is 13.8 Å². The van der Waals surface area contributed by atoms with Crippen LogP contribution in [0.15, 0.2) is 15.7 Å². The minimum Gasteiger partial charge on any atom is -0.326 e. The summed E-state index contributed by atoms with van der Waals surface area (Å²) in [6.07, 6.45) is 0.913. The third-order valence-corrected chi connectivity index (χ3v) is 7.24. The van der Waals surface area contributed by atoms with Crippen molar-refractivity contribution in [2.45, 2.75) is 37.1 Å². The third-order valence-electron chi connectivity index (χ3n) is 3.91. The van der Waals surface area contributed by atoms with E-state index in [9.17, 15) is 8.42 Å². The van der Waals surface area contributed by atoms with E-state index in [-0.39, 0.29) is 0 Å². The van der Waals surface area contributed by atoms with Crippen LogP contribution >= 0.6 is 11.3 Å². The first-order valence-corrected chi connectivity index (χ1v) is 9.36. The van der Waals surface area contributed by atoms with Gasteiger partial charge in [-0.15, -0.1) is 11.3 Å². The molecule has 1 aromatic heterocycles. The molecule has 1 aromatic rings. The van der Waals surface area contributed by atoms with E-state index >= 15 is 0 Å². The van der Waals surface area contributed by atoms with Crippen LogP contribution in [0, 0.1) is 0 Å². The Hall–Kier alpha value is -0.470. The van der Waals surface area contributed by atoms with E-state index in [1.165, 1.54) is 11.3 Å². The Morgan fingerprint density at radius 1 is 1.45 bits per heavy atom. The molecule has 2 heterocycles. The highest BCUT2D eigenvalue weighted by molar-refractivity contribution is 7.91. The first-order valence-electron chi connectivity index (χ1n) is 7.04. The molecule has 2 N–H and O–H groups in total. The third kappa shape index (κ3) is 3.07. The Bertz CT molecular complexity index is 538. The zero-order valence-electron chi connectivity index (χ0n) is 12.1. The number of rotatable bonds is 6. The fourth-order valence-electron chi connectivity index (χ4n) is 2.69. The van der Waals surface area contributed by atoms with Gasteiger partial charge in [0.05, 0.1) is 0 Å². The van der Waals surface area contributed by atoms with Crippen LogP contribution in [-0.4, -0.2) is 49.8 Å². The quantitative estimate of drug-likeness (QED) is 0.859. The number of hydrogen-bond donors (Lipinski definition) is 1. The molecular weight excluding hydrogens is 294 g/mol. The molecular formula is C13H23N3O2S2. The van der Waals surface area contributed by atoms with E-state index in [0.717, 1.165) is 25.1 Å². The van der Waals surface area contributed by atoms with E-state index < -0.39 is 10.0 Å². The molecule has 0 spiro atoms. The fraction of sp³-hybridized carbons (Fsp3) is 0.692. The molecule has 0 aromatic carbocycles. The summed E-state index contributed by atoms with van der Waals surface area (Å²) in [7, 11) is -3.34. The largest absolute Gasteiger partial charge is 0.326 e. The van der Waals surface area contributed by atoms with Crippen LogP contribution in [0.3, 0.4) is 0 Å². The molecule has 1 saturated heterocycles. The Morgan fingerprint density at radius 2 is 2.15 bits per heavy atom. The smallest absolute Gasteiger partial charge is 0.252 e. The van der Waals surface area contributed by atoms with Crippen LogP contribution in [0.1, 0.15) is 25.8 Å². The predicted octanol–water partition coefficient (Wildman–Crippen LogP) is 1.31. The molecule has 20 heavy (non-hydrogen) atoms. The van der Waals surface area contributed by atoms with Crippen molar-refractivity contribution < 1.29 is 8.42 Å². The van der Waals surface area contributed by atoms with Gasteiger partial charge in [0.2, 0.25) is 0 Å². The van der Waals surface area contributed by atoms with E-state index in [4.69, 9.17) is 5.73 Å². The highest BCUT2D eigenvalue weighted by Crippen LogP contribution is 2.27. The van der Waals surface area contributed by atoms with Gasteiger partial charge in [0.25, 0.3) is 10.0 Å². The standard InChI is InChI=1S/C13H23N3O2S2/c1-3-15(4-2)12-5-6-16(9-12)20(17,18)13-7-11(8-14)10-19-13/h7,10,12H,3-6,8-9,14H2,1-2H3. The Kier molecular flexibility index (Phi) is 5.19. The lowest BCUT2D eigenvalue weighted by molar-refractivity contribution is 0.225. The summed E-state index contributed by atoms with van der Waals surface area (Å²) in [4.78, 5) is 2.33. The molecule has 1 aliphatic rings. The Balaban J connectivity index is 2.12. The van der Waals surface area contributed by atoms with Gasteiger partial charge in [0.15, 0.2) is 0 Å². The molecule has 0 saturated carbocycles. The maximum Gasteiger partial charge on any atom is 0.252 e. The van der Waals surface area contributed by atoms with E-state index in [0.29, 0.717) is 29.9 Å². The van der Waals surface area contributed by atoms with Crippen LogP contribution in [-0.2, 0) is 16.6 Å². The van der Waals surface area contributed by atoms with Crippen LogP contribution in [0.5, 0.6) is 0 Å². The molecule has 0 radical (unpaired) electrons. The molecule has 7 heteroatoms. The van der Waals surface area contributed by atoms with Gasteiger partial charge < -0.3 is 5.73 Å². The molecule has 1 aliphatic heterocycles. The van der Waals surface area contributed by atoms with Gasteiger partial charge in [-0.2, -0.15) is 4.31 Å². The van der Waals surface area contributed by atoms with Gasteiger partial charge in [-0.25, -0.2) is 8.42 Å². The van der Waals surface area contributed by atoms with Crippen molar-refractivity contribution in [3.05, 3.63) is 17.0 Å². The van der Waals surface area contributed by atoms with E-state index in [1.807, 2.05) is 5.38 Å². The highest BCUT2D eigenvalue weighted by Gasteiger charge is 2.35. The molecule has 0 aliphatic carbocycles. The van der Waals surface area contributed by atoms with Gasteiger partial charge in [0.1, 0.15) is 4.21 Å². The van der Waals surface area contributed by atoms with Crippen molar-refractivity contribution >= 4 is 21.4 Å². The highest BCUT2D eigenvalue weighted by atomic mass is 32.2. The van der Waals surface area contributed by atoms with E-state index in [2.05, 4.69) is 18.7 Å². The molecule has 0 amide bonds. The number of nitrogens with two attached hydrogens (primary N) is 1. The van der Waals surface area contributed by atoms with Crippen LogP contribution in [0.2, 0.25) is 0 Å². The normalized spacial score (nSPS) is 20.9. The van der Waals surface area contributed by atoms with Crippen molar-refractivity contribution in [2.75, 3.05) is 26.2 Å². The van der Waals surface area contributed by atoms with Gasteiger partial charge in [-0.05, 0) is 36.5 Å². The fourth-order valence-corrected chi connectivity index (χ4v) is 5.56. The summed E-state index contributed by atoms with van der Waals surface area (Å²) in [6, 6.07) is 2.04. The monoisotopic (exact) mass is 317 g/mol. The summed E-state index contributed by atoms with van der Waals surface area (Å²) in [5.41, 5.74) is 6.43. The average molecular weight is 317 g/mol. The number of nitrogens with zero attached hydrogens (tertiary/aromatic N) is 2. The van der Waals surface area contributed by atoms with Crippen molar-refractivity contribution in [1.29, 1.82) is 0 Å². The number of thiophene rings is 1. The number of likely N-dealkylation sites (N-methyl/N-ethyl adjacent to an activating group) is 1. The summed E-state index contributed by atoms with van der Waals surface area (Å²) in [5, 5.41) is 1.82. The second kappa shape index (κ2) is 6.53. The van der Waals surface area contributed by atoms with Crippen LogP contribution in [0.25, 0.3) is 0 Å². The maximum absolute atomic E-state index is 12.6. The SMILES string of the molecule is CCN(CC)C1CCN(S(=O)(=O)c2cc(CN)cs2)C1. The average Bonchev–Trinajstić information content (AvgIpc) is 3.09. The van der Waals surface area contributed by atoms with Gasteiger partial charge in [-0.3, -0.25) is 4.90 Å². The van der Waals surface area contributed by atoms with Crippen LogP contribution < -0.4 is 5.73 Å². The molecule has 1 fully saturated rings. The van der Waals surface area contributed by atoms with Crippen LogP contribution in [0.4, 0.5) is 0 Å². The molecule has 5 nitrogen and oxygen atoms in total. The van der Waals surface area contributed by atoms with Crippen molar-refractivity contribution in [3.63, 3.8) is 0 Å². The van der Waals surface area contributed by atoms with Crippen molar-refractivity contribution in [1.82, 2.24) is 9.21 Å². The lowest BCUT2D eigenvalue weighted by atomic mass is 10.2. The first-order chi connectivity index (χ1) is 9.52. The minimum absolute atomic E-state index is 0.341. The topological polar surface area (TPSA) is 66.6 Å². The Labute approximate surface area is 125 Å². The Morgan fingerprint density at radius 3 is 2.70 bits per heavy atom. The first kappa shape index (κ1) is 15.9. The molecule has 114 valence electrons. The van der Waals surface area contributed by atoms with E-state index in [1.54, 1.807) is 10.4 Å². The second-order valence-electron chi connectivity index (χ2n) is 5.00. The number of hydrogen-bond acceptors (Lipinski definition) is 5. The van der Waals surface area contributed by atoms with Gasteiger partial charge in [0, 0.05) is 25.7 Å². The predicted molar refractivity (Wildman–Crippen MR) is 82.3 cm³/mol. The second-order valence-corrected chi connectivity index (χ2v) is 8.08. The lowest BCUT2D eigenvalue weighted by Crippen LogP contribution is -2.38. The molecule has 1 unspecified atom stereocenters. The maximum atomic E-state index is 12.6. The minimum atomic E-state index is -3.34. The van der Waals surface area contributed by atoms with Gasteiger partial charge >= 0.3 is 0 Å². The summed E-state index contributed by atoms with van der Waals surface area (Å²) < 4.78 is 27.2. The summed E-state index contributed by atoms with van der Waals surface area (Å²) in [6.45, 7) is 7.75. The molecule has 0 bridgehead atoms. The summed E-state index contributed by atoms with van der Waals surface area (Å²) in [5.74, 6) is 0. The zero-order valence-corrected chi connectivity index (χ0v) is 13.7. The lowest BCUT2D eigenvalue weighted by Gasteiger charge is -2.25. The molecule has 1 atom stereocenters. The van der Waals surface area contributed by atoms with Crippen molar-refractivity contribution in [2.24, 2.45) is 5.73 Å². The number of sulfonamides is 1. The summed E-state index contributed by atoms with van der Waals surface area (Å²) >= 11 is 1.27. The molecule has 2 rings (SSSR count). The zero-order chi connectivity index (χ0) is 14.8.